The van der Waals surface area contributed by atoms with E-state index < -0.39 is 5.91 Å². The predicted molar refractivity (Wildman–Crippen MR) is 81.7 cm³/mol. The molecule has 0 aliphatic heterocycles. The summed E-state index contributed by atoms with van der Waals surface area (Å²) in [5.74, 6) is 0.175. The van der Waals surface area contributed by atoms with Crippen LogP contribution in [0.1, 0.15) is 0 Å². The van der Waals surface area contributed by atoms with E-state index in [1.807, 2.05) is 0 Å². The van der Waals surface area contributed by atoms with Crippen molar-refractivity contribution in [3.05, 3.63) is 51.9 Å². The highest BCUT2D eigenvalue weighted by molar-refractivity contribution is 6.33. The van der Waals surface area contributed by atoms with Crippen LogP contribution in [0.2, 0.25) is 5.02 Å². The molecular weight excluding hydrogens is 294 g/mol. The molecule has 0 bridgehead atoms. The molecule has 7 heteroatoms. The number of hydrogen-bond donors (Lipinski definition) is 2. The Hall–Kier alpha value is -2.47. The summed E-state index contributed by atoms with van der Waals surface area (Å²) in [4.78, 5) is 23.6. The van der Waals surface area contributed by atoms with E-state index >= 15 is 0 Å². The molecular formula is C14H14ClN3O3. The van der Waals surface area contributed by atoms with Crippen molar-refractivity contribution < 1.29 is 9.53 Å². The highest BCUT2D eigenvalue weighted by atomic mass is 35.5. The number of hydrogen-bond acceptors (Lipinski definition) is 4. The van der Waals surface area contributed by atoms with Gasteiger partial charge in [-0.1, -0.05) is 11.6 Å². The fourth-order valence-electron chi connectivity index (χ4n) is 1.75. The van der Waals surface area contributed by atoms with Crippen molar-refractivity contribution >= 4 is 28.9 Å². The minimum atomic E-state index is -0.391. The number of aromatic nitrogens is 1. The number of pyridine rings is 1. The first-order valence-corrected chi connectivity index (χ1v) is 6.47. The van der Waals surface area contributed by atoms with Gasteiger partial charge in [0.05, 0.1) is 17.8 Å². The van der Waals surface area contributed by atoms with Gasteiger partial charge in [-0.05, 0) is 18.2 Å². The molecule has 1 aromatic carbocycles. The van der Waals surface area contributed by atoms with E-state index in [0.29, 0.717) is 22.1 Å². The van der Waals surface area contributed by atoms with Crippen LogP contribution in [0.25, 0.3) is 0 Å². The quantitative estimate of drug-likeness (QED) is 0.900. The van der Waals surface area contributed by atoms with E-state index in [9.17, 15) is 9.59 Å². The normalized spacial score (nSPS) is 10.2. The number of nitrogens with zero attached hydrogens (tertiary/aromatic N) is 1. The van der Waals surface area contributed by atoms with E-state index in [1.54, 1.807) is 18.2 Å². The van der Waals surface area contributed by atoms with Gasteiger partial charge in [0.25, 0.3) is 5.56 Å². The molecule has 1 aromatic heterocycles. The molecule has 1 heterocycles. The second-order valence-corrected chi connectivity index (χ2v) is 4.73. The van der Waals surface area contributed by atoms with Gasteiger partial charge in [0.2, 0.25) is 5.91 Å². The largest absolute Gasteiger partial charge is 0.497 e. The molecule has 0 aliphatic rings. The van der Waals surface area contributed by atoms with Gasteiger partial charge in [-0.15, -0.1) is 0 Å². The van der Waals surface area contributed by atoms with E-state index in [2.05, 4.69) is 5.32 Å². The lowest BCUT2D eigenvalue weighted by molar-refractivity contribution is -0.116. The Morgan fingerprint density at radius 1 is 1.38 bits per heavy atom. The SMILES string of the molecule is COc1ccc(Cl)c(NC(=O)Cn2cc(N)ccc2=O)c1. The van der Waals surface area contributed by atoms with Gasteiger partial charge in [0.15, 0.2) is 0 Å². The molecule has 0 saturated heterocycles. The third-order valence-electron chi connectivity index (χ3n) is 2.77. The Balaban J connectivity index is 2.15. The van der Waals surface area contributed by atoms with Crippen LogP contribution in [0.3, 0.4) is 0 Å². The maximum Gasteiger partial charge on any atom is 0.251 e. The van der Waals surface area contributed by atoms with Crippen LogP contribution < -0.4 is 21.3 Å². The minimum absolute atomic E-state index is 0.155. The standard InChI is InChI=1S/C14H14ClN3O3/c1-21-10-3-4-11(15)12(6-10)17-13(19)8-18-7-9(16)2-5-14(18)20/h2-7H,8,16H2,1H3,(H,17,19). The predicted octanol–water partition coefficient (Wildman–Crippen LogP) is 1.73. The van der Waals surface area contributed by atoms with Gasteiger partial charge in [-0.25, -0.2) is 0 Å². The van der Waals surface area contributed by atoms with Crippen LogP contribution >= 0.6 is 11.6 Å². The van der Waals surface area contributed by atoms with Crippen molar-refractivity contribution in [3.63, 3.8) is 0 Å². The van der Waals surface area contributed by atoms with Crippen LogP contribution in [0.15, 0.2) is 41.3 Å². The Kier molecular flexibility index (Phi) is 4.49. The Bertz CT molecular complexity index is 728. The first-order chi connectivity index (χ1) is 9.99. The zero-order chi connectivity index (χ0) is 15.4. The van der Waals surface area contributed by atoms with Crippen LogP contribution in [-0.2, 0) is 11.3 Å². The second kappa shape index (κ2) is 6.32. The molecule has 110 valence electrons. The van der Waals surface area contributed by atoms with Crippen LogP contribution in [0, 0.1) is 0 Å². The van der Waals surface area contributed by atoms with E-state index in [4.69, 9.17) is 22.1 Å². The van der Waals surface area contributed by atoms with Crippen molar-refractivity contribution in [1.29, 1.82) is 0 Å². The van der Waals surface area contributed by atoms with Crippen LogP contribution in [-0.4, -0.2) is 17.6 Å². The lowest BCUT2D eigenvalue weighted by atomic mass is 10.3. The van der Waals surface area contributed by atoms with Crippen molar-refractivity contribution in [2.75, 3.05) is 18.2 Å². The van der Waals surface area contributed by atoms with Gasteiger partial charge >= 0.3 is 0 Å². The average Bonchev–Trinajstić information content (AvgIpc) is 2.45. The molecule has 0 atom stereocenters. The lowest BCUT2D eigenvalue weighted by Crippen LogP contribution is -2.27. The zero-order valence-corrected chi connectivity index (χ0v) is 12.1. The molecule has 0 aliphatic carbocycles. The molecule has 1 amide bonds. The van der Waals surface area contributed by atoms with Gasteiger partial charge in [0, 0.05) is 24.0 Å². The number of halogens is 1. The number of nitrogens with one attached hydrogen (secondary N) is 1. The van der Waals surface area contributed by atoms with Crippen LogP contribution in [0.5, 0.6) is 5.75 Å². The fourth-order valence-corrected chi connectivity index (χ4v) is 1.91. The number of amides is 1. The van der Waals surface area contributed by atoms with Crippen molar-refractivity contribution in [2.45, 2.75) is 6.54 Å². The topological polar surface area (TPSA) is 86.3 Å². The number of carbonyl (C=O) groups excluding carboxylic acids is 1. The summed E-state index contributed by atoms with van der Waals surface area (Å²) in [5.41, 5.74) is 6.10. The van der Waals surface area contributed by atoms with E-state index in [1.165, 1.54) is 30.0 Å². The zero-order valence-electron chi connectivity index (χ0n) is 11.3. The first kappa shape index (κ1) is 14.9. The summed E-state index contributed by atoms with van der Waals surface area (Å²) in [6, 6.07) is 7.68. The summed E-state index contributed by atoms with van der Waals surface area (Å²) in [7, 11) is 1.52. The number of nitrogen functional groups attached to an aromatic ring is 1. The molecule has 3 N–H and O–H groups in total. The van der Waals surface area contributed by atoms with E-state index in [-0.39, 0.29) is 12.1 Å². The first-order valence-electron chi connectivity index (χ1n) is 6.09. The summed E-state index contributed by atoms with van der Waals surface area (Å²) in [5, 5.41) is 3.01. The minimum Gasteiger partial charge on any atom is -0.497 e. The Morgan fingerprint density at radius 3 is 2.86 bits per heavy atom. The Labute approximate surface area is 126 Å². The fraction of sp³-hybridized carbons (Fsp3) is 0.143. The van der Waals surface area contributed by atoms with Gasteiger partial charge in [-0.2, -0.15) is 0 Å². The second-order valence-electron chi connectivity index (χ2n) is 4.32. The summed E-state index contributed by atoms with van der Waals surface area (Å²) in [6.45, 7) is -0.155. The molecule has 0 saturated carbocycles. The number of rotatable bonds is 4. The van der Waals surface area contributed by atoms with Gasteiger partial charge < -0.3 is 20.4 Å². The third kappa shape index (κ3) is 3.76. The number of methoxy groups -OCH3 is 1. The summed E-state index contributed by atoms with van der Waals surface area (Å²) < 4.78 is 6.28. The smallest absolute Gasteiger partial charge is 0.251 e. The number of ether oxygens (including phenoxy) is 1. The Morgan fingerprint density at radius 2 is 2.14 bits per heavy atom. The number of anilines is 2. The molecule has 0 fully saturated rings. The van der Waals surface area contributed by atoms with Crippen LogP contribution in [0.4, 0.5) is 11.4 Å². The van der Waals surface area contributed by atoms with Gasteiger partial charge in [0.1, 0.15) is 12.3 Å². The molecule has 6 nitrogen and oxygen atoms in total. The molecule has 0 unspecified atom stereocenters. The summed E-state index contributed by atoms with van der Waals surface area (Å²) >= 11 is 6.00. The maximum atomic E-state index is 12.0. The van der Waals surface area contributed by atoms with E-state index in [0.717, 1.165) is 0 Å². The van der Waals surface area contributed by atoms with Crippen molar-refractivity contribution in [2.24, 2.45) is 0 Å². The van der Waals surface area contributed by atoms with Gasteiger partial charge in [-0.3, -0.25) is 9.59 Å². The lowest BCUT2D eigenvalue weighted by Gasteiger charge is -2.10. The summed E-state index contributed by atoms with van der Waals surface area (Å²) in [6.07, 6.45) is 1.41. The monoisotopic (exact) mass is 307 g/mol. The number of nitrogens with two attached hydrogens (primary N) is 1. The maximum absolute atomic E-state index is 12.0. The molecule has 2 aromatic rings. The molecule has 2 rings (SSSR count). The highest BCUT2D eigenvalue weighted by Crippen LogP contribution is 2.26. The molecule has 0 spiro atoms. The molecule has 21 heavy (non-hydrogen) atoms. The average molecular weight is 308 g/mol. The van der Waals surface area contributed by atoms with Crippen molar-refractivity contribution in [1.82, 2.24) is 4.57 Å². The third-order valence-corrected chi connectivity index (χ3v) is 3.10. The number of benzene rings is 1. The van der Waals surface area contributed by atoms with Crippen molar-refractivity contribution in [3.8, 4) is 5.75 Å². The highest BCUT2D eigenvalue weighted by Gasteiger charge is 2.09. The number of carbonyl (C=O) groups is 1. The molecule has 0 radical (unpaired) electrons.